The van der Waals surface area contributed by atoms with Gasteiger partial charge in [0, 0.05) is 10.9 Å². The molecule has 0 unspecified atom stereocenters. The van der Waals surface area contributed by atoms with Crippen LogP contribution in [-0.2, 0) is 12.8 Å². The van der Waals surface area contributed by atoms with E-state index in [4.69, 9.17) is 10.3 Å². The number of rotatable bonds is 4. The van der Waals surface area contributed by atoms with Gasteiger partial charge in [0.25, 0.3) is 0 Å². The Morgan fingerprint density at radius 1 is 1.31 bits per heavy atom. The van der Waals surface area contributed by atoms with Crippen LogP contribution in [0.1, 0.15) is 17.3 Å². The zero-order valence-electron chi connectivity index (χ0n) is 8.69. The van der Waals surface area contributed by atoms with E-state index >= 15 is 0 Å². The summed E-state index contributed by atoms with van der Waals surface area (Å²) in [4.78, 5) is 4.26. The van der Waals surface area contributed by atoms with Crippen molar-refractivity contribution in [2.75, 3.05) is 6.54 Å². The van der Waals surface area contributed by atoms with E-state index in [-0.39, 0.29) is 0 Å². The molecule has 5 heteroatoms. The molecule has 0 radical (unpaired) electrons. The topological polar surface area (TPSA) is 64.9 Å². The average Bonchev–Trinajstić information content (AvgIpc) is 2.70. The summed E-state index contributed by atoms with van der Waals surface area (Å²) < 4.78 is 6.19. The van der Waals surface area contributed by atoms with Gasteiger partial charge in [0.05, 0.1) is 6.42 Å². The Morgan fingerprint density at radius 2 is 2.12 bits per heavy atom. The Balaban J connectivity index is 2.11. The van der Waals surface area contributed by atoms with Crippen molar-refractivity contribution in [3.63, 3.8) is 0 Å². The van der Waals surface area contributed by atoms with Crippen LogP contribution in [0.4, 0.5) is 0 Å². The van der Waals surface area contributed by atoms with Crippen LogP contribution in [0.25, 0.3) is 0 Å². The van der Waals surface area contributed by atoms with E-state index in [9.17, 15) is 0 Å². The van der Waals surface area contributed by atoms with E-state index in [0.717, 1.165) is 10.0 Å². The maximum absolute atomic E-state index is 5.42. The first-order valence-corrected chi connectivity index (χ1v) is 5.84. The molecule has 0 aliphatic rings. The predicted octanol–water partition coefficient (Wildman–Crippen LogP) is 1.92. The van der Waals surface area contributed by atoms with Crippen LogP contribution >= 0.6 is 15.9 Å². The summed E-state index contributed by atoms with van der Waals surface area (Å²) in [7, 11) is 0. The molecule has 0 saturated carbocycles. The van der Waals surface area contributed by atoms with Gasteiger partial charge in [-0.15, -0.1) is 0 Å². The van der Waals surface area contributed by atoms with Gasteiger partial charge in [-0.25, -0.2) is 0 Å². The molecule has 1 aromatic carbocycles. The molecule has 0 fully saturated rings. The molecule has 0 atom stereocenters. The summed E-state index contributed by atoms with van der Waals surface area (Å²) in [5, 5.41) is 3.85. The van der Waals surface area contributed by atoms with Crippen molar-refractivity contribution in [3.8, 4) is 0 Å². The number of hydrogen-bond acceptors (Lipinski definition) is 4. The lowest BCUT2D eigenvalue weighted by molar-refractivity contribution is 0.379. The van der Waals surface area contributed by atoms with Crippen LogP contribution in [0.2, 0.25) is 0 Å². The third-order valence-electron chi connectivity index (χ3n) is 2.18. The summed E-state index contributed by atoms with van der Waals surface area (Å²) in [6.45, 7) is 0.536. The zero-order valence-corrected chi connectivity index (χ0v) is 10.3. The molecule has 4 nitrogen and oxygen atoms in total. The third kappa shape index (κ3) is 2.68. The summed E-state index contributed by atoms with van der Waals surface area (Å²) in [6, 6.07) is 7.97. The van der Waals surface area contributed by atoms with Gasteiger partial charge in [0.2, 0.25) is 5.89 Å². The van der Waals surface area contributed by atoms with Gasteiger partial charge < -0.3 is 10.3 Å². The van der Waals surface area contributed by atoms with Crippen LogP contribution in [-0.4, -0.2) is 16.7 Å². The molecule has 0 amide bonds. The van der Waals surface area contributed by atoms with E-state index in [1.807, 2.05) is 24.3 Å². The quantitative estimate of drug-likeness (QED) is 0.930. The minimum absolute atomic E-state index is 0.536. The van der Waals surface area contributed by atoms with Gasteiger partial charge in [-0.05, 0) is 18.2 Å². The number of nitrogens with zero attached hydrogens (tertiary/aromatic N) is 2. The molecule has 2 aromatic rings. The monoisotopic (exact) mass is 281 g/mol. The standard InChI is InChI=1S/C11H12BrN3O/c12-9-4-2-1-3-8(9)7-11-14-10(5-6-13)15-16-11/h1-4H,5-7,13H2. The molecule has 0 aliphatic heterocycles. The van der Waals surface area contributed by atoms with Gasteiger partial charge in [-0.3, -0.25) is 0 Å². The molecule has 0 bridgehead atoms. The molecule has 84 valence electrons. The van der Waals surface area contributed by atoms with Crippen LogP contribution in [0.3, 0.4) is 0 Å². The van der Waals surface area contributed by atoms with Crippen LogP contribution in [0, 0.1) is 0 Å². The minimum atomic E-state index is 0.536. The van der Waals surface area contributed by atoms with E-state index in [1.54, 1.807) is 0 Å². The highest BCUT2D eigenvalue weighted by Gasteiger charge is 2.08. The fraction of sp³-hybridized carbons (Fsp3) is 0.273. The highest BCUT2D eigenvalue weighted by atomic mass is 79.9. The number of benzene rings is 1. The molecular formula is C11H12BrN3O. The molecule has 0 aliphatic carbocycles. The molecule has 2 N–H and O–H groups in total. The Hall–Kier alpha value is -1.20. The Labute approximate surface area is 102 Å². The second-order valence-electron chi connectivity index (χ2n) is 3.41. The number of halogens is 1. The van der Waals surface area contributed by atoms with Crippen molar-refractivity contribution in [1.29, 1.82) is 0 Å². The Morgan fingerprint density at radius 3 is 2.88 bits per heavy atom. The fourth-order valence-corrected chi connectivity index (χ4v) is 1.82. The summed E-state index contributed by atoms with van der Waals surface area (Å²) in [6.07, 6.45) is 1.29. The highest BCUT2D eigenvalue weighted by Crippen LogP contribution is 2.18. The predicted molar refractivity (Wildman–Crippen MR) is 64.0 cm³/mol. The maximum Gasteiger partial charge on any atom is 0.231 e. The highest BCUT2D eigenvalue weighted by molar-refractivity contribution is 9.10. The van der Waals surface area contributed by atoms with E-state index in [0.29, 0.717) is 31.1 Å². The summed E-state index contributed by atoms with van der Waals surface area (Å²) in [5.74, 6) is 1.29. The molecule has 0 spiro atoms. The molecule has 1 aromatic heterocycles. The van der Waals surface area contributed by atoms with Gasteiger partial charge >= 0.3 is 0 Å². The first-order chi connectivity index (χ1) is 7.79. The van der Waals surface area contributed by atoms with Gasteiger partial charge in [0.1, 0.15) is 0 Å². The summed E-state index contributed by atoms with van der Waals surface area (Å²) in [5.41, 5.74) is 6.55. The SMILES string of the molecule is NCCc1noc(Cc2ccccc2Br)n1. The van der Waals surface area contributed by atoms with E-state index < -0.39 is 0 Å². The smallest absolute Gasteiger partial charge is 0.231 e. The van der Waals surface area contributed by atoms with Gasteiger partial charge in [-0.2, -0.15) is 4.98 Å². The lowest BCUT2D eigenvalue weighted by Gasteiger charge is -1.99. The first kappa shape index (κ1) is 11.3. The van der Waals surface area contributed by atoms with Gasteiger partial charge in [-0.1, -0.05) is 39.3 Å². The maximum atomic E-state index is 5.42. The fourth-order valence-electron chi connectivity index (χ4n) is 1.40. The molecular weight excluding hydrogens is 270 g/mol. The molecule has 0 saturated heterocycles. The molecule has 1 heterocycles. The Kier molecular flexibility index (Phi) is 3.69. The van der Waals surface area contributed by atoms with Crippen molar-refractivity contribution in [2.24, 2.45) is 5.73 Å². The van der Waals surface area contributed by atoms with Crippen LogP contribution < -0.4 is 5.73 Å². The van der Waals surface area contributed by atoms with Gasteiger partial charge in [0.15, 0.2) is 5.82 Å². The average molecular weight is 282 g/mol. The van der Waals surface area contributed by atoms with E-state index in [2.05, 4.69) is 26.1 Å². The van der Waals surface area contributed by atoms with Crippen LogP contribution in [0.15, 0.2) is 33.3 Å². The normalized spacial score (nSPS) is 10.6. The second-order valence-corrected chi connectivity index (χ2v) is 4.27. The van der Waals surface area contributed by atoms with E-state index in [1.165, 1.54) is 0 Å². The van der Waals surface area contributed by atoms with Crippen LogP contribution in [0.5, 0.6) is 0 Å². The van der Waals surface area contributed by atoms with Crippen molar-refractivity contribution in [3.05, 3.63) is 46.0 Å². The van der Waals surface area contributed by atoms with Crippen molar-refractivity contribution >= 4 is 15.9 Å². The largest absolute Gasteiger partial charge is 0.339 e. The Bertz CT molecular complexity index is 470. The zero-order chi connectivity index (χ0) is 11.4. The summed E-state index contributed by atoms with van der Waals surface area (Å²) >= 11 is 3.48. The van der Waals surface area contributed by atoms with Crippen molar-refractivity contribution in [2.45, 2.75) is 12.8 Å². The minimum Gasteiger partial charge on any atom is -0.339 e. The lowest BCUT2D eigenvalue weighted by Crippen LogP contribution is -2.04. The number of nitrogens with two attached hydrogens (primary N) is 1. The number of hydrogen-bond donors (Lipinski definition) is 1. The molecule has 2 rings (SSSR count). The third-order valence-corrected chi connectivity index (χ3v) is 2.95. The second kappa shape index (κ2) is 5.23. The van der Waals surface area contributed by atoms with Crippen molar-refractivity contribution < 1.29 is 4.52 Å². The molecule has 16 heavy (non-hydrogen) atoms. The first-order valence-electron chi connectivity index (χ1n) is 5.04. The number of aromatic nitrogens is 2. The van der Waals surface area contributed by atoms with Crippen molar-refractivity contribution in [1.82, 2.24) is 10.1 Å². The lowest BCUT2D eigenvalue weighted by atomic mass is 10.1.